The van der Waals surface area contributed by atoms with Crippen LogP contribution in [0.2, 0.25) is 0 Å². The van der Waals surface area contributed by atoms with Crippen LogP contribution < -0.4 is 5.32 Å². The third-order valence-electron chi connectivity index (χ3n) is 3.45. The Morgan fingerprint density at radius 3 is 2.40 bits per heavy atom. The summed E-state index contributed by atoms with van der Waals surface area (Å²) in [4.78, 5) is 13.7. The molecule has 0 saturated carbocycles. The Morgan fingerprint density at radius 2 is 1.70 bits per heavy atom. The Bertz CT molecular complexity index is 243. The minimum atomic E-state index is 0.0602. The fourth-order valence-electron chi connectivity index (χ4n) is 2.27. The zero-order valence-electron chi connectivity index (χ0n) is 12.9. The van der Waals surface area contributed by atoms with Crippen molar-refractivity contribution in [2.45, 2.75) is 45.4 Å². The van der Waals surface area contributed by atoms with Crippen molar-refractivity contribution in [1.29, 1.82) is 0 Å². The van der Waals surface area contributed by atoms with Gasteiger partial charge in [0.15, 0.2) is 0 Å². The number of urea groups is 1. The summed E-state index contributed by atoms with van der Waals surface area (Å²) in [5, 5.41) is 2.91. The van der Waals surface area contributed by atoms with Gasteiger partial charge in [-0.15, -0.1) is 0 Å². The van der Waals surface area contributed by atoms with Crippen molar-refractivity contribution in [1.82, 2.24) is 10.2 Å². The number of hydrogen-bond donors (Lipinski definition) is 1. The maximum atomic E-state index is 11.8. The van der Waals surface area contributed by atoms with Crippen molar-refractivity contribution < 1.29 is 14.3 Å². The molecule has 5 nitrogen and oxygen atoms in total. The second kappa shape index (κ2) is 12.0. The third kappa shape index (κ3) is 8.38. The summed E-state index contributed by atoms with van der Waals surface area (Å²) in [6.45, 7) is 7.43. The van der Waals surface area contributed by atoms with E-state index in [-0.39, 0.29) is 6.03 Å². The molecule has 1 aliphatic rings. The molecule has 0 unspecified atom stereocenters. The molecule has 1 heterocycles. The Morgan fingerprint density at radius 1 is 1.00 bits per heavy atom. The minimum Gasteiger partial charge on any atom is -0.382 e. The molecule has 118 valence electrons. The monoisotopic (exact) mass is 286 g/mol. The van der Waals surface area contributed by atoms with E-state index >= 15 is 0 Å². The summed E-state index contributed by atoms with van der Waals surface area (Å²) < 4.78 is 10.8. The Hall–Kier alpha value is -0.810. The smallest absolute Gasteiger partial charge is 0.317 e. The highest BCUT2D eigenvalue weighted by molar-refractivity contribution is 5.74. The van der Waals surface area contributed by atoms with Gasteiger partial charge < -0.3 is 19.7 Å². The number of unbranched alkanes of at least 4 members (excludes halogenated alkanes) is 2. The van der Waals surface area contributed by atoms with Gasteiger partial charge in [0.1, 0.15) is 0 Å². The summed E-state index contributed by atoms with van der Waals surface area (Å²) in [5.74, 6) is 0. The van der Waals surface area contributed by atoms with Gasteiger partial charge in [-0.05, 0) is 45.4 Å². The Balaban J connectivity index is 1.83. The zero-order valence-corrected chi connectivity index (χ0v) is 12.9. The van der Waals surface area contributed by atoms with Crippen molar-refractivity contribution in [3.63, 3.8) is 0 Å². The quantitative estimate of drug-likeness (QED) is 0.627. The van der Waals surface area contributed by atoms with Gasteiger partial charge in [0.05, 0.1) is 6.61 Å². The van der Waals surface area contributed by atoms with E-state index in [1.54, 1.807) is 0 Å². The van der Waals surface area contributed by atoms with Gasteiger partial charge in [-0.1, -0.05) is 0 Å². The summed E-state index contributed by atoms with van der Waals surface area (Å²) >= 11 is 0. The molecule has 1 N–H and O–H groups in total. The number of carbonyl (C=O) groups excluding carboxylic acids is 1. The molecule has 0 bridgehead atoms. The number of rotatable bonds is 10. The van der Waals surface area contributed by atoms with Crippen molar-refractivity contribution in [3.05, 3.63) is 0 Å². The van der Waals surface area contributed by atoms with Crippen LogP contribution in [-0.4, -0.2) is 57.0 Å². The van der Waals surface area contributed by atoms with Gasteiger partial charge in [0.2, 0.25) is 0 Å². The molecule has 1 aliphatic heterocycles. The van der Waals surface area contributed by atoms with E-state index in [4.69, 9.17) is 9.47 Å². The van der Waals surface area contributed by atoms with Crippen LogP contribution in [0.15, 0.2) is 0 Å². The first-order chi connectivity index (χ1) is 9.84. The van der Waals surface area contributed by atoms with Gasteiger partial charge >= 0.3 is 6.03 Å². The standard InChI is InChI=1S/C15H30N2O3/c1-2-19-12-7-4-8-13-20-14-9-16-15(18)17-10-5-3-6-11-17/h2-14H2,1H3,(H,16,18). The van der Waals surface area contributed by atoms with Crippen LogP contribution in [0.3, 0.4) is 0 Å². The summed E-state index contributed by atoms with van der Waals surface area (Å²) in [6, 6.07) is 0.0602. The molecule has 1 rings (SSSR count). The van der Waals surface area contributed by atoms with E-state index in [2.05, 4.69) is 5.32 Å². The number of ether oxygens (including phenoxy) is 2. The highest BCUT2D eigenvalue weighted by Crippen LogP contribution is 2.08. The second-order valence-corrected chi connectivity index (χ2v) is 5.15. The average molecular weight is 286 g/mol. The van der Waals surface area contributed by atoms with Crippen molar-refractivity contribution in [3.8, 4) is 0 Å². The molecular weight excluding hydrogens is 256 g/mol. The number of nitrogens with one attached hydrogen (secondary N) is 1. The molecule has 5 heteroatoms. The molecule has 0 aliphatic carbocycles. The highest BCUT2D eigenvalue weighted by atomic mass is 16.5. The lowest BCUT2D eigenvalue weighted by molar-refractivity contribution is 0.119. The van der Waals surface area contributed by atoms with E-state index in [1.807, 2.05) is 11.8 Å². The van der Waals surface area contributed by atoms with Crippen molar-refractivity contribution >= 4 is 6.03 Å². The van der Waals surface area contributed by atoms with E-state index in [1.165, 1.54) is 6.42 Å². The SMILES string of the molecule is CCOCCCCCOCCNC(=O)N1CCCCC1. The Labute approximate surface area is 123 Å². The summed E-state index contributed by atoms with van der Waals surface area (Å²) in [5.41, 5.74) is 0. The number of amides is 2. The van der Waals surface area contributed by atoms with Gasteiger partial charge in [0.25, 0.3) is 0 Å². The normalized spacial score (nSPS) is 15.3. The molecule has 0 atom stereocenters. The van der Waals surface area contributed by atoms with E-state index in [0.717, 1.165) is 65.0 Å². The molecule has 1 saturated heterocycles. The second-order valence-electron chi connectivity index (χ2n) is 5.15. The lowest BCUT2D eigenvalue weighted by Gasteiger charge is -2.26. The lowest BCUT2D eigenvalue weighted by Crippen LogP contribution is -2.43. The van der Waals surface area contributed by atoms with E-state index in [9.17, 15) is 4.79 Å². The first kappa shape index (κ1) is 17.2. The van der Waals surface area contributed by atoms with Gasteiger partial charge in [-0.2, -0.15) is 0 Å². The number of likely N-dealkylation sites (tertiary alicyclic amines) is 1. The molecule has 20 heavy (non-hydrogen) atoms. The molecule has 0 aromatic heterocycles. The zero-order chi connectivity index (χ0) is 14.5. The molecule has 0 radical (unpaired) electrons. The van der Waals surface area contributed by atoms with Crippen LogP contribution in [-0.2, 0) is 9.47 Å². The van der Waals surface area contributed by atoms with Crippen molar-refractivity contribution in [2.24, 2.45) is 0 Å². The number of piperidine rings is 1. The maximum Gasteiger partial charge on any atom is 0.317 e. The minimum absolute atomic E-state index is 0.0602. The van der Waals surface area contributed by atoms with Crippen LogP contribution in [0.25, 0.3) is 0 Å². The third-order valence-corrected chi connectivity index (χ3v) is 3.45. The van der Waals surface area contributed by atoms with Crippen LogP contribution in [0.4, 0.5) is 4.79 Å². The van der Waals surface area contributed by atoms with E-state index < -0.39 is 0 Å². The maximum absolute atomic E-state index is 11.8. The fraction of sp³-hybridized carbons (Fsp3) is 0.933. The predicted molar refractivity (Wildman–Crippen MR) is 80.0 cm³/mol. The predicted octanol–water partition coefficient (Wildman–Crippen LogP) is 2.41. The number of nitrogens with zero attached hydrogens (tertiary/aromatic N) is 1. The fourth-order valence-corrected chi connectivity index (χ4v) is 2.27. The average Bonchev–Trinajstić information content (AvgIpc) is 2.50. The van der Waals surface area contributed by atoms with Gasteiger partial charge in [-0.3, -0.25) is 0 Å². The molecular formula is C15H30N2O3. The molecule has 0 spiro atoms. The summed E-state index contributed by atoms with van der Waals surface area (Å²) in [7, 11) is 0. The molecule has 0 aromatic carbocycles. The van der Waals surface area contributed by atoms with Crippen LogP contribution in [0, 0.1) is 0 Å². The molecule has 1 fully saturated rings. The first-order valence-electron chi connectivity index (χ1n) is 8.03. The lowest BCUT2D eigenvalue weighted by atomic mass is 10.1. The van der Waals surface area contributed by atoms with Crippen LogP contribution in [0.1, 0.15) is 45.4 Å². The number of carbonyl (C=O) groups is 1. The highest BCUT2D eigenvalue weighted by Gasteiger charge is 2.15. The topological polar surface area (TPSA) is 50.8 Å². The largest absolute Gasteiger partial charge is 0.382 e. The van der Waals surface area contributed by atoms with Gasteiger partial charge in [0, 0.05) is 39.5 Å². The Kier molecular flexibility index (Phi) is 10.3. The van der Waals surface area contributed by atoms with Crippen LogP contribution >= 0.6 is 0 Å². The van der Waals surface area contributed by atoms with Crippen LogP contribution in [0.5, 0.6) is 0 Å². The first-order valence-corrected chi connectivity index (χ1v) is 8.03. The molecule has 0 aromatic rings. The van der Waals surface area contributed by atoms with Gasteiger partial charge in [-0.25, -0.2) is 4.79 Å². The summed E-state index contributed by atoms with van der Waals surface area (Å²) in [6.07, 6.45) is 6.81. The van der Waals surface area contributed by atoms with Crippen molar-refractivity contribution in [2.75, 3.05) is 46.1 Å². The van der Waals surface area contributed by atoms with E-state index in [0.29, 0.717) is 13.2 Å². The number of hydrogen-bond acceptors (Lipinski definition) is 3. The molecule has 2 amide bonds.